The third-order valence-electron chi connectivity index (χ3n) is 5.56. The second-order valence-electron chi connectivity index (χ2n) is 10.0. The van der Waals surface area contributed by atoms with Crippen molar-refractivity contribution >= 4 is 13.7 Å². The van der Waals surface area contributed by atoms with E-state index >= 15 is 0 Å². The molecule has 0 amide bonds. The summed E-state index contributed by atoms with van der Waals surface area (Å²) in [5.74, 6) is -0.702. The molecule has 1 aromatic heterocycles. The fourth-order valence-corrected chi connectivity index (χ4v) is 5.16. The summed E-state index contributed by atoms with van der Waals surface area (Å²) in [6, 6.07) is 6.56. The van der Waals surface area contributed by atoms with E-state index < -0.39 is 67.4 Å². The number of nitrogens with zero attached hydrogens (tertiary/aromatic N) is 4. The van der Waals surface area contributed by atoms with Gasteiger partial charge in [0.1, 0.15) is 29.6 Å². The summed E-state index contributed by atoms with van der Waals surface area (Å²) in [5.41, 5.74) is 4.37. The molecule has 1 saturated heterocycles. The molecule has 0 saturated carbocycles. The van der Waals surface area contributed by atoms with Gasteiger partial charge in [0.2, 0.25) is 5.72 Å². The van der Waals surface area contributed by atoms with Crippen molar-refractivity contribution in [1.82, 2.24) is 14.6 Å². The number of aryl methyl sites for hydroxylation is 1. The second-order valence-corrected chi connectivity index (χ2v) is 11.7. The number of esters is 1. The standard InChI is InChI=1S/C23H31N6O10P/c1-13-11-29(21(34)25-18(13)32)19-16(30)17(31)23(37-19,27-28-24)12-36-40(35,39-15-9-7-6-8-10-15)26-14(2)20(33)38-22(3,4)5/h6-11,14,16-17,19,30-31H,12H2,1-5H3,(H,26,35)(H,25,32,34)/t14-,16+,17-,19+,23+,40?/m0/s1. The monoisotopic (exact) mass is 582 g/mol. The zero-order chi connectivity index (χ0) is 29.9. The molecular weight excluding hydrogens is 551 g/mol. The van der Waals surface area contributed by atoms with Crippen LogP contribution in [0.5, 0.6) is 5.75 Å². The Kier molecular flexibility index (Phi) is 9.27. The van der Waals surface area contributed by atoms with Gasteiger partial charge in [-0.15, -0.1) is 0 Å². The fraction of sp³-hybridized carbons (Fsp3) is 0.522. The molecule has 0 radical (unpaired) electrons. The zero-order valence-corrected chi connectivity index (χ0v) is 23.3. The van der Waals surface area contributed by atoms with Crippen LogP contribution in [0.3, 0.4) is 0 Å². The van der Waals surface area contributed by atoms with Gasteiger partial charge in [-0.25, -0.2) is 9.36 Å². The highest BCUT2D eigenvalue weighted by Gasteiger charge is 2.56. The average molecular weight is 583 g/mol. The number of carbonyl (C=O) groups is 1. The summed E-state index contributed by atoms with van der Waals surface area (Å²) >= 11 is 0. The number of carbonyl (C=O) groups excluding carboxylic acids is 1. The molecule has 1 aromatic carbocycles. The molecule has 2 aromatic rings. The van der Waals surface area contributed by atoms with Crippen molar-refractivity contribution < 1.29 is 38.1 Å². The second kappa shape index (κ2) is 11.9. The summed E-state index contributed by atoms with van der Waals surface area (Å²) in [4.78, 5) is 41.4. The lowest BCUT2D eigenvalue weighted by molar-refractivity contribution is -0.156. The molecule has 218 valence electrons. The number of ether oxygens (including phenoxy) is 2. The van der Waals surface area contributed by atoms with Crippen molar-refractivity contribution in [2.45, 2.75) is 70.4 Å². The summed E-state index contributed by atoms with van der Waals surface area (Å²) < 4.78 is 36.6. The Morgan fingerprint density at radius 3 is 2.58 bits per heavy atom. The van der Waals surface area contributed by atoms with Crippen LogP contribution in [0.15, 0.2) is 51.2 Å². The highest BCUT2D eigenvalue weighted by Crippen LogP contribution is 2.48. The van der Waals surface area contributed by atoms with E-state index in [2.05, 4.69) is 15.1 Å². The molecule has 1 fully saturated rings. The fourth-order valence-electron chi connectivity index (χ4n) is 3.64. The normalized spacial score (nSPS) is 24.9. The summed E-state index contributed by atoms with van der Waals surface area (Å²) in [6.07, 6.45) is -4.42. The first-order valence-corrected chi connectivity index (χ1v) is 13.6. The number of aromatic nitrogens is 2. The number of hydrogen-bond donors (Lipinski definition) is 4. The topological polar surface area (TPSA) is 227 Å². The molecule has 0 aliphatic carbocycles. The minimum absolute atomic E-state index is 0.0774. The average Bonchev–Trinajstić information content (AvgIpc) is 3.10. The minimum atomic E-state index is -4.52. The molecular formula is C23H31N6O10P. The molecule has 1 aliphatic rings. The van der Waals surface area contributed by atoms with E-state index in [-0.39, 0.29) is 11.3 Å². The van der Waals surface area contributed by atoms with Crippen molar-refractivity contribution in [3.8, 4) is 5.75 Å². The molecule has 6 atom stereocenters. The number of H-pyrrole nitrogens is 1. The number of hydrogen-bond acceptors (Lipinski definition) is 11. The Morgan fingerprint density at radius 2 is 1.98 bits per heavy atom. The van der Waals surface area contributed by atoms with E-state index in [4.69, 9.17) is 18.5 Å². The first-order chi connectivity index (χ1) is 18.6. The smallest absolute Gasteiger partial charge is 0.459 e. The highest BCUT2D eigenvalue weighted by molar-refractivity contribution is 7.52. The van der Waals surface area contributed by atoms with Gasteiger partial charge in [-0.1, -0.05) is 23.3 Å². The first-order valence-electron chi connectivity index (χ1n) is 12.0. The molecule has 1 unspecified atom stereocenters. The van der Waals surface area contributed by atoms with Crippen LogP contribution in [0, 0.1) is 6.92 Å². The van der Waals surface area contributed by atoms with Crippen molar-refractivity contribution in [3.63, 3.8) is 0 Å². The number of rotatable bonds is 10. The Bertz CT molecular complexity index is 1430. The summed E-state index contributed by atoms with van der Waals surface area (Å²) in [7, 11) is -4.52. The number of benzene rings is 1. The van der Waals surface area contributed by atoms with Crippen molar-refractivity contribution in [1.29, 1.82) is 0 Å². The van der Waals surface area contributed by atoms with Gasteiger partial charge in [-0.2, -0.15) is 5.09 Å². The van der Waals surface area contributed by atoms with Crippen LogP contribution in [0.4, 0.5) is 0 Å². The number of azide groups is 1. The first kappa shape index (κ1) is 31.0. The zero-order valence-electron chi connectivity index (χ0n) is 22.4. The highest BCUT2D eigenvalue weighted by atomic mass is 31.2. The van der Waals surface area contributed by atoms with Gasteiger partial charge in [0, 0.05) is 16.7 Å². The predicted octanol–water partition coefficient (Wildman–Crippen LogP) is 1.63. The number of aliphatic hydroxyl groups excluding tert-OH is 2. The van der Waals surface area contributed by atoms with Crippen molar-refractivity contribution in [2.24, 2.45) is 5.11 Å². The van der Waals surface area contributed by atoms with E-state index in [1.54, 1.807) is 39.0 Å². The summed E-state index contributed by atoms with van der Waals surface area (Å²) in [5, 5.41) is 27.4. The quantitative estimate of drug-likeness (QED) is 0.103. The third kappa shape index (κ3) is 7.17. The van der Waals surface area contributed by atoms with Gasteiger partial charge in [0.25, 0.3) is 5.56 Å². The van der Waals surface area contributed by atoms with Gasteiger partial charge in [-0.3, -0.25) is 23.7 Å². The molecule has 17 heteroatoms. The molecule has 40 heavy (non-hydrogen) atoms. The van der Waals surface area contributed by atoms with Crippen LogP contribution in [0.25, 0.3) is 10.4 Å². The molecule has 16 nitrogen and oxygen atoms in total. The van der Waals surface area contributed by atoms with Crippen LogP contribution < -0.4 is 20.9 Å². The number of para-hydroxylation sites is 1. The maximum atomic E-state index is 13.8. The predicted molar refractivity (Wildman–Crippen MR) is 139 cm³/mol. The largest absolute Gasteiger partial charge is 0.459 e. The minimum Gasteiger partial charge on any atom is -0.459 e. The number of aromatic amines is 1. The maximum absolute atomic E-state index is 13.8. The van der Waals surface area contributed by atoms with E-state index in [0.29, 0.717) is 0 Å². The van der Waals surface area contributed by atoms with Gasteiger partial charge < -0.3 is 24.2 Å². The molecule has 3 rings (SSSR count). The van der Waals surface area contributed by atoms with Gasteiger partial charge in [-0.05, 0) is 52.3 Å². The molecule has 1 aliphatic heterocycles. The third-order valence-corrected chi connectivity index (χ3v) is 7.18. The van der Waals surface area contributed by atoms with Crippen molar-refractivity contribution in [3.05, 3.63) is 73.4 Å². The molecule has 0 spiro atoms. The summed E-state index contributed by atoms with van der Waals surface area (Å²) in [6.45, 7) is 6.72. The Hall–Kier alpha value is -3.49. The number of aliphatic hydroxyl groups is 2. The van der Waals surface area contributed by atoms with E-state index in [9.17, 15) is 34.7 Å². The Balaban J connectivity index is 1.93. The van der Waals surface area contributed by atoms with Crippen LogP contribution in [0.2, 0.25) is 0 Å². The number of nitrogens with one attached hydrogen (secondary N) is 2. The molecule has 0 bridgehead atoms. The van der Waals surface area contributed by atoms with Crippen molar-refractivity contribution in [2.75, 3.05) is 6.61 Å². The van der Waals surface area contributed by atoms with E-state index in [1.165, 1.54) is 26.0 Å². The van der Waals surface area contributed by atoms with Gasteiger partial charge >= 0.3 is 19.4 Å². The lowest BCUT2D eigenvalue weighted by Gasteiger charge is -2.30. The van der Waals surface area contributed by atoms with Crippen LogP contribution >= 0.6 is 7.75 Å². The van der Waals surface area contributed by atoms with Crippen LogP contribution in [-0.2, 0) is 23.4 Å². The van der Waals surface area contributed by atoms with Gasteiger partial charge in [0.15, 0.2) is 6.23 Å². The molecule has 4 N–H and O–H groups in total. The van der Waals surface area contributed by atoms with Crippen LogP contribution in [0.1, 0.15) is 39.5 Å². The SMILES string of the molecule is Cc1cn([C@@H]2O[C@@](COP(=O)(N[C@@H](C)C(=O)OC(C)(C)C)Oc3ccccc3)(N=[N+]=[N-])[C@@H](O)[C@H]2O)c(=O)[nH]c1=O. The maximum Gasteiger partial charge on any atom is 0.459 e. The Morgan fingerprint density at radius 1 is 1.32 bits per heavy atom. The van der Waals surface area contributed by atoms with E-state index in [1.807, 2.05) is 4.98 Å². The Labute approximate surface area is 228 Å². The van der Waals surface area contributed by atoms with E-state index in [0.717, 1.165) is 10.8 Å². The van der Waals surface area contributed by atoms with Crippen LogP contribution in [-0.4, -0.2) is 61.9 Å². The lowest BCUT2D eigenvalue weighted by Crippen LogP contribution is -2.46. The van der Waals surface area contributed by atoms with Gasteiger partial charge in [0.05, 0.1) is 6.61 Å². The molecule has 2 heterocycles. The lowest BCUT2D eigenvalue weighted by atomic mass is 10.1.